The average Bonchev–Trinajstić information content (AvgIpc) is 2.18. The molecular weight excluding hydrogens is 184 g/mol. The van der Waals surface area contributed by atoms with Gasteiger partial charge in [0.05, 0.1) is 6.54 Å². The second-order valence-corrected chi connectivity index (χ2v) is 3.01. The number of rotatable bonds is 1. The van der Waals surface area contributed by atoms with E-state index in [0.29, 0.717) is 18.9 Å². The van der Waals surface area contributed by atoms with Crippen LogP contribution in [0.25, 0.3) is 0 Å². The number of nitrogens with one attached hydrogen (secondary N) is 2. The van der Waals surface area contributed by atoms with Gasteiger partial charge in [-0.15, -0.1) is 0 Å². The van der Waals surface area contributed by atoms with Crippen LogP contribution in [-0.2, 0) is 4.79 Å². The van der Waals surface area contributed by atoms with Crippen LogP contribution >= 0.6 is 0 Å². The minimum absolute atomic E-state index is 0.0821. The van der Waals surface area contributed by atoms with E-state index in [0.717, 1.165) is 0 Å². The maximum atomic E-state index is 11.3. The van der Waals surface area contributed by atoms with Gasteiger partial charge in [-0.2, -0.15) is 0 Å². The Morgan fingerprint density at radius 3 is 3.00 bits per heavy atom. The summed E-state index contributed by atoms with van der Waals surface area (Å²) in [5.74, 6) is 0.226. The van der Waals surface area contributed by atoms with Gasteiger partial charge in [-0.3, -0.25) is 9.59 Å². The Kier molecular flexibility index (Phi) is 2.18. The lowest BCUT2D eigenvalue weighted by Crippen LogP contribution is -2.49. The molecule has 1 aromatic heterocycles. The average molecular weight is 194 g/mol. The SMILES string of the molecule is O=C1CN(c2ncc[nH]c2=O)CCN1. The number of carbonyl (C=O) groups is 1. The number of nitrogens with zero attached hydrogens (tertiary/aromatic N) is 2. The van der Waals surface area contributed by atoms with Crippen LogP contribution < -0.4 is 15.8 Å². The van der Waals surface area contributed by atoms with E-state index in [2.05, 4.69) is 15.3 Å². The van der Waals surface area contributed by atoms with Gasteiger partial charge in [-0.25, -0.2) is 4.98 Å². The highest BCUT2D eigenvalue weighted by atomic mass is 16.2. The molecular formula is C8H10N4O2. The predicted octanol–water partition coefficient (Wildman–Crippen LogP) is -1.29. The van der Waals surface area contributed by atoms with Gasteiger partial charge in [0.15, 0.2) is 5.82 Å². The maximum Gasteiger partial charge on any atom is 0.290 e. The highest BCUT2D eigenvalue weighted by molar-refractivity contribution is 5.82. The van der Waals surface area contributed by atoms with Gasteiger partial charge >= 0.3 is 0 Å². The summed E-state index contributed by atoms with van der Waals surface area (Å²) in [5, 5.41) is 2.68. The minimum atomic E-state index is -0.262. The third kappa shape index (κ3) is 1.59. The van der Waals surface area contributed by atoms with Crippen molar-refractivity contribution in [3.05, 3.63) is 22.7 Å². The fourth-order valence-corrected chi connectivity index (χ4v) is 1.39. The molecule has 0 atom stereocenters. The number of amides is 1. The van der Waals surface area contributed by atoms with E-state index in [1.165, 1.54) is 12.4 Å². The lowest BCUT2D eigenvalue weighted by atomic mass is 10.3. The second-order valence-electron chi connectivity index (χ2n) is 3.01. The molecule has 2 rings (SSSR count). The van der Waals surface area contributed by atoms with Gasteiger partial charge in [0, 0.05) is 25.5 Å². The molecule has 2 heterocycles. The van der Waals surface area contributed by atoms with Gasteiger partial charge in [0.25, 0.3) is 5.56 Å². The number of hydrogen-bond acceptors (Lipinski definition) is 4. The second kappa shape index (κ2) is 3.49. The van der Waals surface area contributed by atoms with Crippen molar-refractivity contribution in [3.8, 4) is 0 Å². The van der Waals surface area contributed by atoms with Crippen LogP contribution in [0.5, 0.6) is 0 Å². The number of hydrogen-bond donors (Lipinski definition) is 2. The Morgan fingerprint density at radius 2 is 2.29 bits per heavy atom. The van der Waals surface area contributed by atoms with Crippen LogP contribution in [-0.4, -0.2) is 35.5 Å². The summed E-state index contributed by atoms with van der Waals surface area (Å²) >= 11 is 0. The fourth-order valence-electron chi connectivity index (χ4n) is 1.39. The molecule has 14 heavy (non-hydrogen) atoms. The third-order valence-electron chi connectivity index (χ3n) is 2.03. The van der Waals surface area contributed by atoms with Crippen LogP contribution in [0.2, 0.25) is 0 Å². The number of aromatic amines is 1. The number of anilines is 1. The summed E-state index contributed by atoms with van der Waals surface area (Å²) in [6, 6.07) is 0. The molecule has 0 radical (unpaired) electrons. The maximum absolute atomic E-state index is 11.3. The summed E-state index contributed by atoms with van der Waals surface area (Å²) in [7, 11) is 0. The first kappa shape index (κ1) is 8.74. The molecule has 1 saturated heterocycles. The molecule has 0 unspecified atom stereocenters. The van der Waals surface area contributed by atoms with E-state index in [1.807, 2.05) is 0 Å². The molecule has 6 heteroatoms. The molecule has 2 N–H and O–H groups in total. The zero-order valence-electron chi connectivity index (χ0n) is 7.49. The molecule has 1 amide bonds. The van der Waals surface area contributed by atoms with Crippen LogP contribution in [0.4, 0.5) is 5.82 Å². The van der Waals surface area contributed by atoms with Crippen molar-refractivity contribution < 1.29 is 4.79 Å². The zero-order valence-corrected chi connectivity index (χ0v) is 7.49. The molecule has 0 aromatic carbocycles. The van der Waals surface area contributed by atoms with Gasteiger partial charge in [0.2, 0.25) is 5.91 Å². The number of H-pyrrole nitrogens is 1. The van der Waals surface area contributed by atoms with E-state index >= 15 is 0 Å². The van der Waals surface area contributed by atoms with Crippen LogP contribution in [0.3, 0.4) is 0 Å². The lowest BCUT2D eigenvalue weighted by Gasteiger charge is -2.26. The first-order valence-corrected chi connectivity index (χ1v) is 4.33. The molecule has 1 fully saturated rings. The summed E-state index contributed by atoms with van der Waals surface area (Å²) < 4.78 is 0. The Hall–Kier alpha value is -1.85. The highest BCUT2D eigenvalue weighted by Gasteiger charge is 2.19. The Morgan fingerprint density at radius 1 is 1.43 bits per heavy atom. The number of aromatic nitrogens is 2. The molecule has 1 aliphatic heterocycles. The molecule has 0 saturated carbocycles. The quantitative estimate of drug-likeness (QED) is 0.583. The molecule has 0 spiro atoms. The molecule has 0 aliphatic carbocycles. The summed E-state index contributed by atoms with van der Waals surface area (Å²) in [5.41, 5.74) is -0.262. The highest BCUT2D eigenvalue weighted by Crippen LogP contribution is 2.03. The monoisotopic (exact) mass is 194 g/mol. The largest absolute Gasteiger partial charge is 0.353 e. The van der Waals surface area contributed by atoms with E-state index in [1.54, 1.807) is 4.90 Å². The van der Waals surface area contributed by atoms with Gasteiger partial charge < -0.3 is 15.2 Å². The van der Waals surface area contributed by atoms with Crippen molar-refractivity contribution >= 4 is 11.7 Å². The van der Waals surface area contributed by atoms with Crippen LogP contribution in [0, 0.1) is 0 Å². The molecule has 1 aromatic rings. The normalized spacial score (nSPS) is 16.6. The van der Waals surface area contributed by atoms with Gasteiger partial charge in [-0.05, 0) is 0 Å². The van der Waals surface area contributed by atoms with Crippen molar-refractivity contribution in [1.82, 2.24) is 15.3 Å². The molecule has 74 valence electrons. The Bertz CT molecular complexity index is 400. The smallest absolute Gasteiger partial charge is 0.290 e. The predicted molar refractivity (Wildman–Crippen MR) is 50.1 cm³/mol. The first-order chi connectivity index (χ1) is 6.77. The first-order valence-electron chi connectivity index (χ1n) is 4.33. The van der Waals surface area contributed by atoms with Crippen molar-refractivity contribution in [3.63, 3.8) is 0 Å². The summed E-state index contributed by atoms with van der Waals surface area (Å²) in [6.45, 7) is 1.36. The van der Waals surface area contributed by atoms with E-state index < -0.39 is 0 Å². The van der Waals surface area contributed by atoms with E-state index in [9.17, 15) is 9.59 Å². The zero-order chi connectivity index (χ0) is 9.97. The summed E-state index contributed by atoms with van der Waals surface area (Å²) in [4.78, 5) is 30.5. The molecule has 1 aliphatic rings. The molecule has 6 nitrogen and oxygen atoms in total. The standard InChI is InChI=1S/C8H10N4O2/c13-6-5-12(4-3-9-6)7-8(14)11-2-1-10-7/h1-2H,3-5H2,(H,9,13)(H,11,14). The van der Waals surface area contributed by atoms with E-state index in [4.69, 9.17) is 0 Å². The van der Waals surface area contributed by atoms with Gasteiger partial charge in [-0.1, -0.05) is 0 Å². The number of carbonyl (C=O) groups excluding carboxylic acids is 1. The summed E-state index contributed by atoms with van der Waals surface area (Å²) in [6.07, 6.45) is 2.97. The Labute approximate surface area is 80.0 Å². The van der Waals surface area contributed by atoms with Crippen LogP contribution in [0.1, 0.15) is 0 Å². The van der Waals surface area contributed by atoms with Crippen molar-refractivity contribution in [1.29, 1.82) is 0 Å². The Balaban J connectivity index is 2.26. The van der Waals surface area contributed by atoms with Crippen LogP contribution in [0.15, 0.2) is 17.2 Å². The van der Waals surface area contributed by atoms with Crippen molar-refractivity contribution in [2.45, 2.75) is 0 Å². The minimum Gasteiger partial charge on any atom is -0.353 e. The van der Waals surface area contributed by atoms with Gasteiger partial charge in [0.1, 0.15) is 0 Å². The fraction of sp³-hybridized carbons (Fsp3) is 0.375. The topological polar surface area (TPSA) is 78.1 Å². The lowest BCUT2D eigenvalue weighted by molar-refractivity contribution is -0.120. The van der Waals surface area contributed by atoms with Crippen molar-refractivity contribution in [2.24, 2.45) is 0 Å². The molecule has 0 bridgehead atoms. The number of piperazine rings is 1. The van der Waals surface area contributed by atoms with Crippen molar-refractivity contribution in [2.75, 3.05) is 24.5 Å². The van der Waals surface area contributed by atoms with E-state index in [-0.39, 0.29) is 18.0 Å². The third-order valence-corrected chi connectivity index (χ3v) is 2.03.